The highest BCUT2D eigenvalue weighted by atomic mass is 16.6. The fourth-order valence-corrected chi connectivity index (χ4v) is 4.88. The van der Waals surface area contributed by atoms with Crippen LogP contribution in [0.1, 0.15) is 40.2 Å². The van der Waals surface area contributed by atoms with Crippen LogP contribution in [0.3, 0.4) is 0 Å². The van der Waals surface area contributed by atoms with Crippen LogP contribution in [0.2, 0.25) is 0 Å². The highest BCUT2D eigenvalue weighted by Gasteiger charge is 2.39. The first kappa shape index (κ1) is 34.3. The van der Waals surface area contributed by atoms with Crippen molar-refractivity contribution in [1.29, 1.82) is 0 Å². The van der Waals surface area contributed by atoms with Gasteiger partial charge in [0.15, 0.2) is 0 Å². The Morgan fingerprint density at radius 2 is 1.64 bits per heavy atom. The van der Waals surface area contributed by atoms with Crippen LogP contribution in [0.4, 0.5) is 15.3 Å². The molecule has 12 nitrogen and oxygen atoms in total. The minimum atomic E-state index is -1.14. The van der Waals surface area contributed by atoms with E-state index in [0.717, 1.165) is 5.56 Å². The lowest BCUT2D eigenvalue weighted by atomic mass is 9.85. The number of para-hydroxylation sites is 1. The largest absolute Gasteiger partial charge is 0.453 e. The third kappa shape index (κ3) is 9.95. The van der Waals surface area contributed by atoms with Gasteiger partial charge in [-0.1, -0.05) is 83.1 Å². The molecule has 2 aromatic carbocycles. The predicted molar refractivity (Wildman–Crippen MR) is 165 cm³/mol. The number of methoxy groups -OCH3 is 1. The van der Waals surface area contributed by atoms with Crippen molar-refractivity contribution in [3.63, 3.8) is 0 Å². The number of anilines is 1. The first-order valence-corrected chi connectivity index (χ1v) is 14.7. The zero-order chi connectivity index (χ0) is 32.4. The summed E-state index contributed by atoms with van der Waals surface area (Å²) < 4.78 is 10.1. The normalized spacial score (nSPS) is 17.1. The van der Waals surface area contributed by atoms with Crippen LogP contribution in [-0.4, -0.2) is 85.2 Å². The molecule has 4 atom stereocenters. The minimum absolute atomic E-state index is 0.0324. The van der Waals surface area contributed by atoms with Gasteiger partial charge >= 0.3 is 12.2 Å². The summed E-state index contributed by atoms with van der Waals surface area (Å²) in [6.07, 6.45) is -3.26. The molecule has 4 N–H and O–H groups in total. The van der Waals surface area contributed by atoms with E-state index in [9.17, 15) is 24.3 Å². The molecule has 12 heteroatoms. The van der Waals surface area contributed by atoms with Crippen LogP contribution in [0, 0.1) is 11.3 Å². The number of hydrogen-bond donors (Lipinski definition) is 4. The first-order valence-electron chi connectivity index (χ1n) is 14.7. The second-order valence-electron chi connectivity index (χ2n) is 12.4. The number of nitrogens with one attached hydrogen (secondary N) is 3. The molecular formula is C32H45N5O7. The molecule has 0 aromatic heterocycles. The summed E-state index contributed by atoms with van der Waals surface area (Å²) in [4.78, 5) is 52.7. The van der Waals surface area contributed by atoms with Crippen molar-refractivity contribution in [1.82, 2.24) is 21.1 Å². The Labute approximate surface area is 259 Å². The topological polar surface area (TPSA) is 150 Å². The Bertz CT molecular complexity index is 1250. The van der Waals surface area contributed by atoms with E-state index in [1.54, 1.807) is 29.3 Å². The average molecular weight is 612 g/mol. The number of aliphatic hydroxyl groups is 1. The number of hydrazine groups is 1. The zero-order valence-electron chi connectivity index (χ0n) is 26.3. The maximum Gasteiger partial charge on any atom is 0.415 e. The van der Waals surface area contributed by atoms with E-state index < -0.39 is 53.7 Å². The van der Waals surface area contributed by atoms with Gasteiger partial charge in [-0.2, -0.15) is 0 Å². The molecule has 0 aliphatic carbocycles. The Kier molecular flexibility index (Phi) is 12.1. The molecule has 44 heavy (non-hydrogen) atoms. The summed E-state index contributed by atoms with van der Waals surface area (Å²) in [5.74, 6) is -0.907. The third-order valence-corrected chi connectivity index (χ3v) is 7.10. The molecule has 0 spiro atoms. The highest BCUT2D eigenvalue weighted by Crippen LogP contribution is 2.22. The summed E-state index contributed by atoms with van der Waals surface area (Å²) in [6, 6.07) is 16.6. The summed E-state index contributed by atoms with van der Waals surface area (Å²) >= 11 is 0. The number of alkyl carbamates (subject to hydrolysis) is 1. The van der Waals surface area contributed by atoms with Gasteiger partial charge in [0.05, 0.1) is 25.8 Å². The van der Waals surface area contributed by atoms with Crippen LogP contribution in [0.15, 0.2) is 60.7 Å². The lowest BCUT2D eigenvalue weighted by Crippen LogP contribution is -2.59. The summed E-state index contributed by atoms with van der Waals surface area (Å²) in [5.41, 5.74) is 3.65. The molecule has 0 bridgehead atoms. The van der Waals surface area contributed by atoms with Gasteiger partial charge in [0, 0.05) is 18.8 Å². The Balaban J connectivity index is 1.76. The summed E-state index contributed by atoms with van der Waals surface area (Å²) in [6.45, 7) is 9.75. The second kappa shape index (κ2) is 15.5. The van der Waals surface area contributed by atoms with Gasteiger partial charge in [0.2, 0.25) is 12.0 Å². The number of carbonyl (C=O) groups excluding carboxylic acids is 4. The van der Waals surface area contributed by atoms with Gasteiger partial charge in [-0.05, 0) is 35.4 Å². The number of rotatable bonds is 13. The summed E-state index contributed by atoms with van der Waals surface area (Å²) in [7, 11) is 1.22. The lowest BCUT2D eigenvalue weighted by molar-refractivity contribution is -0.134. The molecule has 1 unspecified atom stereocenters. The maximum atomic E-state index is 13.5. The van der Waals surface area contributed by atoms with Gasteiger partial charge in [-0.15, -0.1) is 0 Å². The van der Waals surface area contributed by atoms with E-state index in [1.807, 2.05) is 71.0 Å². The van der Waals surface area contributed by atoms with Crippen LogP contribution < -0.4 is 21.0 Å². The molecule has 240 valence electrons. The maximum absolute atomic E-state index is 13.5. The van der Waals surface area contributed by atoms with Gasteiger partial charge < -0.3 is 25.2 Å². The van der Waals surface area contributed by atoms with E-state index in [1.165, 1.54) is 12.0 Å². The van der Waals surface area contributed by atoms with E-state index in [2.05, 4.69) is 16.1 Å². The fraction of sp³-hybridized carbons (Fsp3) is 0.500. The van der Waals surface area contributed by atoms with Gasteiger partial charge in [0.25, 0.3) is 5.91 Å². The van der Waals surface area contributed by atoms with E-state index in [0.29, 0.717) is 18.7 Å². The lowest BCUT2D eigenvalue weighted by Gasteiger charge is -2.34. The molecule has 1 heterocycles. The molecular weight excluding hydrogens is 566 g/mol. The predicted octanol–water partition coefficient (Wildman–Crippen LogP) is 2.86. The van der Waals surface area contributed by atoms with Crippen LogP contribution >= 0.6 is 0 Å². The molecule has 3 rings (SSSR count). The van der Waals surface area contributed by atoms with Crippen molar-refractivity contribution in [2.75, 3.05) is 31.6 Å². The molecule has 0 saturated carbocycles. The second-order valence-corrected chi connectivity index (χ2v) is 12.4. The molecule has 4 amide bonds. The molecule has 1 saturated heterocycles. The van der Waals surface area contributed by atoms with E-state index in [-0.39, 0.29) is 19.0 Å². The fourth-order valence-electron chi connectivity index (χ4n) is 4.88. The Morgan fingerprint density at radius 1 is 1.02 bits per heavy atom. The Morgan fingerprint density at radius 3 is 2.20 bits per heavy atom. The monoisotopic (exact) mass is 611 g/mol. The molecule has 1 fully saturated rings. The highest BCUT2D eigenvalue weighted by molar-refractivity contribution is 5.95. The quantitative estimate of drug-likeness (QED) is 0.253. The van der Waals surface area contributed by atoms with Crippen molar-refractivity contribution < 1.29 is 33.8 Å². The zero-order valence-corrected chi connectivity index (χ0v) is 26.3. The summed E-state index contributed by atoms with van der Waals surface area (Å²) in [5, 5.41) is 18.6. The smallest absolute Gasteiger partial charge is 0.415 e. The van der Waals surface area contributed by atoms with E-state index >= 15 is 0 Å². The SMILES string of the molecule is COC(=O)NC(C(=O)N[C@@H](Cc1ccccc1)[C@@H](O)CN(CC(C)C)NC(=O)[C@@H]1CN(c2ccccc2)C(=O)O1)C(C)(C)C. The minimum Gasteiger partial charge on any atom is -0.453 e. The number of nitrogens with zero attached hydrogens (tertiary/aromatic N) is 2. The van der Waals surface area contributed by atoms with Gasteiger partial charge in [-0.3, -0.25) is 19.9 Å². The van der Waals surface area contributed by atoms with Crippen molar-refractivity contribution in [2.45, 2.75) is 65.3 Å². The van der Waals surface area contributed by atoms with E-state index in [4.69, 9.17) is 9.47 Å². The van der Waals surface area contributed by atoms with Gasteiger partial charge in [-0.25, -0.2) is 14.6 Å². The first-order chi connectivity index (χ1) is 20.8. The van der Waals surface area contributed by atoms with Crippen LogP contribution in [-0.2, 0) is 25.5 Å². The number of hydrogen-bond acceptors (Lipinski definition) is 8. The number of carbonyl (C=O) groups is 4. The number of ether oxygens (including phenoxy) is 2. The number of aliphatic hydroxyl groups excluding tert-OH is 1. The van der Waals surface area contributed by atoms with Crippen molar-refractivity contribution in [2.24, 2.45) is 11.3 Å². The van der Waals surface area contributed by atoms with Crippen LogP contribution in [0.25, 0.3) is 0 Å². The standard InChI is InChI=1S/C32H45N5O7/c1-21(2)18-36(35-28(39)26-20-37(31(42)44-26)23-15-11-8-12-16-23)19-25(38)24(17-22-13-9-7-10-14-22)33-29(40)27(32(3,4)5)34-30(41)43-6/h7-16,21,24-27,38H,17-20H2,1-6H3,(H,33,40)(H,34,41)(H,35,39)/t24-,25-,26-,27?/m0/s1. The van der Waals surface area contributed by atoms with Crippen molar-refractivity contribution >= 4 is 29.7 Å². The number of amides is 4. The molecule has 1 aliphatic heterocycles. The van der Waals surface area contributed by atoms with Crippen molar-refractivity contribution in [3.05, 3.63) is 66.2 Å². The average Bonchev–Trinajstić information content (AvgIpc) is 3.37. The molecule has 2 aromatic rings. The number of cyclic esters (lactones) is 1. The van der Waals surface area contributed by atoms with Crippen LogP contribution in [0.5, 0.6) is 0 Å². The molecule has 1 aliphatic rings. The Hall–Kier alpha value is -4.16. The molecule has 0 radical (unpaired) electrons. The number of benzene rings is 2. The van der Waals surface area contributed by atoms with Gasteiger partial charge in [0.1, 0.15) is 6.04 Å². The van der Waals surface area contributed by atoms with Crippen molar-refractivity contribution in [3.8, 4) is 0 Å². The third-order valence-electron chi connectivity index (χ3n) is 7.10.